The van der Waals surface area contributed by atoms with Crippen LogP contribution in [0.2, 0.25) is 0 Å². The molecule has 2 aromatic carbocycles. The van der Waals surface area contributed by atoms with Gasteiger partial charge in [-0.15, -0.1) is 0 Å². The predicted octanol–water partition coefficient (Wildman–Crippen LogP) is 4.32. The number of hydrogen-bond acceptors (Lipinski definition) is 5. The van der Waals surface area contributed by atoms with Gasteiger partial charge in [-0.25, -0.2) is 0 Å². The van der Waals surface area contributed by atoms with Crippen molar-refractivity contribution in [1.29, 1.82) is 0 Å². The molecule has 0 aromatic heterocycles. The molecule has 1 N–H and O–H groups in total. The predicted molar refractivity (Wildman–Crippen MR) is 105 cm³/mol. The standard InChI is InChI=1S/C19H17NO3S2/c1-12(14-6-4-3-5-7-14)23-15-9-8-13(10-16(15)22-2)11-17-18(21)20-19(24)25-17/h3-12H,1-2H3,(H,20,21,24)/b17-11+. The Morgan fingerprint density at radius 2 is 1.92 bits per heavy atom. The van der Waals surface area contributed by atoms with Crippen molar-refractivity contribution in [3.8, 4) is 11.5 Å². The van der Waals surface area contributed by atoms with Crippen LogP contribution in [-0.4, -0.2) is 17.3 Å². The first kappa shape index (κ1) is 17.5. The molecule has 1 fully saturated rings. The zero-order valence-corrected chi connectivity index (χ0v) is 15.4. The molecule has 0 saturated carbocycles. The van der Waals surface area contributed by atoms with Crippen LogP contribution in [0.25, 0.3) is 6.08 Å². The number of carbonyl (C=O) groups is 1. The number of thioether (sulfide) groups is 1. The number of nitrogens with one attached hydrogen (secondary N) is 1. The minimum Gasteiger partial charge on any atom is -0.493 e. The average molecular weight is 371 g/mol. The van der Waals surface area contributed by atoms with Crippen LogP contribution in [0, 0.1) is 0 Å². The van der Waals surface area contributed by atoms with E-state index in [4.69, 9.17) is 21.7 Å². The Balaban J connectivity index is 1.81. The Morgan fingerprint density at radius 1 is 1.16 bits per heavy atom. The summed E-state index contributed by atoms with van der Waals surface area (Å²) in [5.74, 6) is 1.09. The van der Waals surface area contributed by atoms with Crippen LogP contribution in [0.15, 0.2) is 53.4 Å². The third kappa shape index (κ3) is 4.21. The summed E-state index contributed by atoms with van der Waals surface area (Å²) in [6.45, 7) is 1.99. The zero-order valence-electron chi connectivity index (χ0n) is 13.8. The van der Waals surface area contributed by atoms with Gasteiger partial charge >= 0.3 is 0 Å². The fourth-order valence-electron chi connectivity index (χ4n) is 2.43. The van der Waals surface area contributed by atoms with Gasteiger partial charge in [0, 0.05) is 0 Å². The lowest BCUT2D eigenvalue weighted by Crippen LogP contribution is -2.17. The first-order valence-corrected chi connectivity index (χ1v) is 8.94. The van der Waals surface area contributed by atoms with Crippen molar-refractivity contribution in [2.45, 2.75) is 13.0 Å². The Labute approximate surface area is 156 Å². The Bertz CT molecular complexity index is 834. The lowest BCUT2D eigenvalue weighted by Gasteiger charge is -2.17. The molecule has 1 atom stereocenters. The van der Waals surface area contributed by atoms with Gasteiger partial charge in [-0.3, -0.25) is 4.79 Å². The summed E-state index contributed by atoms with van der Waals surface area (Å²) in [5.41, 5.74) is 1.93. The Hall–Kier alpha value is -2.31. The van der Waals surface area contributed by atoms with Gasteiger partial charge in [-0.05, 0) is 36.3 Å². The normalized spacial score (nSPS) is 16.6. The van der Waals surface area contributed by atoms with Crippen LogP contribution in [0.3, 0.4) is 0 Å². The summed E-state index contributed by atoms with van der Waals surface area (Å²) >= 11 is 6.25. The number of benzene rings is 2. The van der Waals surface area contributed by atoms with E-state index >= 15 is 0 Å². The highest BCUT2D eigenvalue weighted by molar-refractivity contribution is 8.26. The summed E-state index contributed by atoms with van der Waals surface area (Å²) < 4.78 is 12.0. The third-order valence-corrected chi connectivity index (χ3v) is 4.86. The maximum absolute atomic E-state index is 11.8. The van der Waals surface area contributed by atoms with Crippen molar-refractivity contribution in [3.05, 3.63) is 64.6 Å². The van der Waals surface area contributed by atoms with E-state index in [2.05, 4.69) is 5.32 Å². The third-order valence-electron chi connectivity index (χ3n) is 3.70. The van der Waals surface area contributed by atoms with Crippen LogP contribution in [0.1, 0.15) is 24.2 Å². The van der Waals surface area contributed by atoms with Crippen molar-refractivity contribution in [1.82, 2.24) is 5.32 Å². The summed E-state index contributed by atoms with van der Waals surface area (Å²) in [4.78, 5) is 12.3. The van der Waals surface area contributed by atoms with E-state index in [1.54, 1.807) is 13.2 Å². The van der Waals surface area contributed by atoms with Crippen LogP contribution in [0.4, 0.5) is 0 Å². The lowest BCUT2D eigenvalue weighted by atomic mass is 10.1. The number of ether oxygens (including phenoxy) is 2. The molecular weight excluding hydrogens is 354 g/mol. The second-order valence-corrected chi connectivity index (χ2v) is 7.15. The van der Waals surface area contributed by atoms with E-state index in [1.165, 1.54) is 11.8 Å². The number of methoxy groups -OCH3 is 1. The minimum atomic E-state index is -0.174. The monoisotopic (exact) mass is 371 g/mol. The van der Waals surface area contributed by atoms with Gasteiger partial charge in [0.05, 0.1) is 12.0 Å². The summed E-state index contributed by atoms with van der Waals surface area (Å²) in [6.07, 6.45) is 1.68. The molecular formula is C19H17NO3S2. The van der Waals surface area contributed by atoms with E-state index in [0.29, 0.717) is 20.7 Å². The van der Waals surface area contributed by atoms with Crippen molar-refractivity contribution in [3.63, 3.8) is 0 Å². The molecule has 4 nitrogen and oxygen atoms in total. The van der Waals surface area contributed by atoms with Crippen LogP contribution in [0.5, 0.6) is 11.5 Å². The Kier molecular flexibility index (Phi) is 5.40. The molecule has 6 heteroatoms. The van der Waals surface area contributed by atoms with Gasteiger partial charge in [0.25, 0.3) is 5.91 Å². The van der Waals surface area contributed by atoms with E-state index in [1.807, 2.05) is 55.5 Å². The van der Waals surface area contributed by atoms with Gasteiger partial charge in [-0.1, -0.05) is 60.4 Å². The van der Waals surface area contributed by atoms with Crippen LogP contribution in [-0.2, 0) is 4.79 Å². The van der Waals surface area contributed by atoms with Crippen molar-refractivity contribution in [2.75, 3.05) is 7.11 Å². The molecule has 3 rings (SSSR count). The first-order valence-electron chi connectivity index (χ1n) is 7.71. The van der Waals surface area contributed by atoms with Crippen LogP contribution < -0.4 is 14.8 Å². The molecule has 1 amide bonds. The number of amides is 1. The molecule has 0 bridgehead atoms. The minimum absolute atomic E-state index is 0.104. The Morgan fingerprint density at radius 3 is 2.56 bits per heavy atom. The highest BCUT2D eigenvalue weighted by atomic mass is 32.2. The fourth-order valence-corrected chi connectivity index (χ4v) is 3.47. The number of carbonyl (C=O) groups excluding carboxylic acids is 1. The van der Waals surface area contributed by atoms with Crippen molar-refractivity contribution < 1.29 is 14.3 Å². The maximum atomic E-state index is 11.8. The molecule has 1 heterocycles. The van der Waals surface area contributed by atoms with Gasteiger partial charge in [0.2, 0.25) is 0 Å². The van der Waals surface area contributed by atoms with Crippen molar-refractivity contribution in [2.24, 2.45) is 0 Å². The average Bonchev–Trinajstić information content (AvgIpc) is 2.94. The first-order chi connectivity index (χ1) is 12.1. The van der Waals surface area contributed by atoms with E-state index in [-0.39, 0.29) is 12.0 Å². The van der Waals surface area contributed by atoms with E-state index in [0.717, 1.165) is 11.1 Å². The molecule has 25 heavy (non-hydrogen) atoms. The highest BCUT2D eigenvalue weighted by Gasteiger charge is 2.22. The molecule has 1 unspecified atom stereocenters. The molecule has 1 aliphatic rings. The maximum Gasteiger partial charge on any atom is 0.263 e. The fraction of sp³-hybridized carbons (Fsp3) is 0.158. The lowest BCUT2D eigenvalue weighted by molar-refractivity contribution is -0.115. The molecule has 2 aromatic rings. The molecule has 0 spiro atoms. The molecule has 1 saturated heterocycles. The second kappa shape index (κ2) is 7.72. The largest absolute Gasteiger partial charge is 0.493 e. The van der Waals surface area contributed by atoms with Gasteiger partial charge < -0.3 is 14.8 Å². The number of thiocarbonyl (C=S) groups is 1. The SMILES string of the molecule is COc1cc(/C=C2/SC(=S)NC2=O)ccc1OC(C)c1ccccc1. The van der Waals surface area contributed by atoms with Crippen molar-refractivity contribution >= 4 is 40.3 Å². The molecule has 0 radical (unpaired) electrons. The van der Waals surface area contributed by atoms with Crippen LogP contribution >= 0.6 is 24.0 Å². The number of hydrogen-bond donors (Lipinski definition) is 1. The van der Waals surface area contributed by atoms with Gasteiger partial charge in [-0.2, -0.15) is 0 Å². The van der Waals surface area contributed by atoms with E-state index in [9.17, 15) is 4.79 Å². The topological polar surface area (TPSA) is 47.6 Å². The molecule has 128 valence electrons. The van der Waals surface area contributed by atoms with E-state index < -0.39 is 0 Å². The summed E-state index contributed by atoms with van der Waals surface area (Å²) in [5, 5.41) is 2.60. The number of rotatable bonds is 5. The molecule has 0 aliphatic carbocycles. The smallest absolute Gasteiger partial charge is 0.263 e. The molecule has 1 aliphatic heterocycles. The highest BCUT2D eigenvalue weighted by Crippen LogP contribution is 2.34. The zero-order chi connectivity index (χ0) is 17.8. The summed E-state index contributed by atoms with van der Waals surface area (Å²) in [7, 11) is 1.60. The second-order valence-electron chi connectivity index (χ2n) is 5.43. The summed E-state index contributed by atoms with van der Waals surface area (Å²) in [6, 6.07) is 15.6. The quantitative estimate of drug-likeness (QED) is 0.626. The van der Waals surface area contributed by atoms with Gasteiger partial charge in [0.1, 0.15) is 10.4 Å². The van der Waals surface area contributed by atoms with Gasteiger partial charge in [0.15, 0.2) is 11.5 Å².